The summed E-state index contributed by atoms with van der Waals surface area (Å²) in [5.41, 5.74) is 0. The van der Waals surface area contributed by atoms with Crippen molar-refractivity contribution >= 4 is 7.26 Å². The van der Waals surface area contributed by atoms with E-state index in [2.05, 4.69) is 27.7 Å². The molecule has 0 saturated carbocycles. The maximum absolute atomic E-state index is 2.36. The van der Waals surface area contributed by atoms with Gasteiger partial charge in [0.25, 0.3) is 0 Å². The molecule has 0 aromatic heterocycles. The predicted molar refractivity (Wildman–Crippen MR) is 143 cm³/mol. The van der Waals surface area contributed by atoms with Crippen molar-refractivity contribution in [2.45, 2.75) is 156 Å². The molecular formula is C28H61P. The van der Waals surface area contributed by atoms with Crippen LogP contribution in [0.3, 0.4) is 0 Å². The van der Waals surface area contributed by atoms with Gasteiger partial charge in [0.2, 0.25) is 0 Å². The van der Waals surface area contributed by atoms with E-state index in [1.54, 1.807) is 50.3 Å². The van der Waals surface area contributed by atoms with Crippen LogP contribution < -0.4 is 0 Å². The van der Waals surface area contributed by atoms with Crippen LogP contribution in [0.15, 0.2) is 0 Å². The first-order valence-corrected chi connectivity index (χ1v) is 17.1. The summed E-state index contributed by atoms with van der Waals surface area (Å²) < 4.78 is 0. The Balaban J connectivity index is 4.54. The Morgan fingerprint density at radius 3 is 0.759 bits per heavy atom. The zero-order chi connectivity index (χ0) is 21.5. The van der Waals surface area contributed by atoms with E-state index in [9.17, 15) is 0 Å². The van der Waals surface area contributed by atoms with E-state index < -0.39 is 7.26 Å². The quantitative estimate of drug-likeness (QED) is 0.106. The third kappa shape index (κ3) is 18.9. The summed E-state index contributed by atoms with van der Waals surface area (Å²) in [6, 6.07) is 0. The van der Waals surface area contributed by atoms with E-state index in [0.717, 1.165) is 0 Å². The van der Waals surface area contributed by atoms with E-state index in [0.29, 0.717) is 0 Å². The molecule has 0 unspecified atom stereocenters. The van der Waals surface area contributed by atoms with Gasteiger partial charge in [-0.15, -0.1) is 0 Å². The van der Waals surface area contributed by atoms with Crippen LogP contribution in [0.25, 0.3) is 0 Å². The molecule has 0 spiro atoms. The molecule has 0 nitrogen and oxygen atoms in total. The van der Waals surface area contributed by atoms with Crippen LogP contribution in [0.1, 0.15) is 156 Å². The van der Waals surface area contributed by atoms with Gasteiger partial charge in [-0.2, -0.15) is 0 Å². The predicted octanol–water partition coefficient (Wildman–Crippen LogP) is 10.6. The van der Waals surface area contributed by atoms with E-state index in [4.69, 9.17) is 0 Å². The molecule has 0 amide bonds. The van der Waals surface area contributed by atoms with E-state index >= 15 is 0 Å². The molecule has 1 heteroatoms. The minimum absolute atomic E-state index is 1.03. The fourth-order valence-corrected chi connectivity index (χ4v) is 10.7. The molecule has 0 saturated heterocycles. The first-order chi connectivity index (χ1) is 14.2. The molecule has 0 aromatic carbocycles. The van der Waals surface area contributed by atoms with Crippen LogP contribution in [0.4, 0.5) is 0 Å². The number of rotatable bonds is 24. The molecule has 0 aliphatic rings. The van der Waals surface area contributed by atoms with Crippen molar-refractivity contribution in [2.75, 3.05) is 24.6 Å². The Morgan fingerprint density at radius 2 is 0.483 bits per heavy atom. The van der Waals surface area contributed by atoms with Gasteiger partial charge in [0.15, 0.2) is 0 Å². The maximum atomic E-state index is 2.36. The van der Waals surface area contributed by atoms with Gasteiger partial charge in [0.05, 0.1) is 0 Å². The van der Waals surface area contributed by atoms with Gasteiger partial charge >= 0.3 is 188 Å². The normalized spacial score (nSPS) is 12.6. The second kappa shape index (κ2) is 23.1. The molecule has 29 heavy (non-hydrogen) atoms. The van der Waals surface area contributed by atoms with Crippen molar-refractivity contribution in [2.24, 2.45) is 0 Å². The number of hydrogen-bond acceptors (Lipinski definition) is 0. The second-order valence-electron chi connectivity index (χ2n) is 10.2. The Morgan fingerprint density at radius 1 is 0.276 bits per heavy atom. The molecule has 0 aromatic rings. The topological polar surface area (TPSA) is 0 Å². The summed E-state index contributed by atoms with van der Waals surface area (Å²) in [5.74, 6) is 0. The van der Waals surface area contributed by atoms with Crippen molar-refractivity contribution in [3.63, 3.8) is 0 Å². The van der Waals surface area contributed by atoms with Gasteiger partial charge < -0.3 is 0 Å². The van der Waals surface area contributed by atoms with Crippen LogP contribution in [-0.2, 0) is 0 Å². The van der Waals surface area contributed by atoms with Crippen molar-refractivity contribution in [3.05, 3.63) is 0 Å². The molecule has 0 fully saturated rings. The fraction of sp³-hybridized carbons (Fsp3) is 1.00. The summed E-state index contributed by atoms with van der Waals surface area (Å²) in [6.07, 6.45) is 36.3. The average Bonchev–Trinajstić information content (AvgIpc) is 2.73. The molecule has 0 atom stereocenters. The molecule has 0 aliphatic carbocycles. The van der Waals surface area contributed by atoms with E-state index in [1.165, 1.54) is 103 Å². The van der Waals surface area contributed by atoms with Gasteiger partial charge in [-0.1, -0.05) is 0 Å². The SMILES string of the molecule is CCCCCCCCCC[PH](CCCCCC)(CCCCCC)CCCCCC. The molecule has 0 aliphatic heterocycles. The standard InChI is InChI=1S/C28H61P/c1-5-9-13-17-18-19-20-24-28-29(25-21-14-10-6-2,26-22-15-11-7-3)27-23-16-12-8-4/h29H,5-28H2,1-4H3. The molecule has 178 valence electrons. The van der Waals surface area contributed by atoms with Crippen molar-refractivity contribution < 1.29 is 0 Å². The van der Waals surface area contributed by atoms with Gasteiger partial charge in [0.1, 0.15) is 0 Å². The Kier molecular flexibility index (Phi) is 23.4. The summed E-state index contributed by atoms with van der Waals surface area (Å²) in [4.78, 5) is 0. The van der Waals surface area contributed by atoms with Crippen LogP contribution in [0.2, 0.25) is 0 Å². The van der Waals surface area contributed by atoms with E-state index in [-0.39, 0.29) is 0 Å². The van der Waals surface area contributed by atoms with Gasteiger partial charge in [0, 0.05) is 0 Å². The third-order valence-corrected chi connectivity index (χ3v) is 12.9. The Bertz CT molecular complexity index is 267. The molecule has 0 N–H and O–H groups in total. The second-order valence-corrected chi connectivity index (χ2v) is 15.2. The Labute approximate surface area is 188 Å². The molecule has 0 bridgehead atoms. The molecule has 0 rings (SSSR count). The van der Waals surface area contributed by atoms with Gasteiger partial charge in [-0.05, 0) is 0 Å². The summed E-state index contributed by atoms with van der Waals surface area (Å²) in [5, 5.41) is 0. The molecule has 0 radical (unpaired) electrons. The zero-order valence-electron chi connectivity index (χ0n) is 21.5. The van der Waals surface area contributed by atoms with Gasteiger partial charge in [-0.3, -0.25) is 0 Å². The van der Waals surface area contributed by atoms with Crippen molar-refractivity contribution in [3.8, 4) is 0 Å². The van der Waals surface area contributed by atoms with Crippen LogP contribution in [-0.4, -0.2) is 24.6 Å². The fourth-order valence-electron chi connectivity index (χ4n) is 5.16. The zero-order valence-corrected chi connectivity index (χ0v) is 22.5. The van der Waals surface area contributed by atoms with Crippen molar-refractivity contribution in [1.82, 2.24) is 0 Å². The van der Waals surface area contributed by atoms with Crippen LogP contribution in [0.5, 0.6) is 0 Å². The Hall–Kier alpha value is 0.430. The summed E-state index contributed by atoms with van der Waals surface area (Å²) >= 11 is 0. The number of hydrogen-bond donors (Lipinski definition) is 0. The molecule has 0 heterocycles. The van der Waals surface area contributed by atoms with E-state index in [1.807, 2.05) is 0 Å². The first-order valence-electron chi connectivity index (χ1n) is 14.2. The average molecular weight is 429 g/mol. The minimum atomic E-state index is -1.03. The number of unbranched alkanes of at least 4 members (excludes halogenated alkanes) is 16. The van der Waals surface area contributed by atoms with Crippen molar-refractivity contribution in [1.29, 1.82) is 0 Å². The van der Waals surface area contributed by atoms with Gasteiger partial charge in [-0.25, -0.2) is 0 Å². The summed E-state index contributed by atoms with van der Waals surface area (Å²) in [7, 11) is -1.03. The van der Waals surface area contributed by atoms with Crippen LogP contribution in [0, 0.1) is 0 Å². The van der Waals surface area contributed by atoms with Crippen LogP contribution >= 0.6 is 7.26 Å². The summed E-state index contributed by atoms with van der Waals surface area (Å²) in [6.45, 7) is 9.41. The monoisotopic (exact) mass is 428 g/mol. The third-order valence-electron chi connectivity index (χ3n) is 7.24. The molecular weight excluding hydrogens is 367 g/mol. The first kappa shape index (κ1) is 29.4.